The monoisotopic (exact) mass is 445 g/mol. The highest BCUT2D eigenvalue weighted by atomic mass is 35.5. The second-order valence-corrected chi connectivity index (χ2v) is 8.86. The number of aromatic amines is 1. The van der Waals surface area contributed by atoms with Gasteiger partial charge in [0.05, 0.1) is 0 Å². The molecule has 1 aliphatic heterocycles. The summed E-state index contributed by atoms with van der Waals surface area (Å²) in [5.74, 6) is 1.18. The van der Waals surface area contributed by atoms with E-state index in [0.29, 0.717) is 40.2 Å². The summed E-state index contributed by atoms with van der Waals surface area (Å²) in [7, 11) is -4.02. The van der Waals surface area contributed by atoms with Crippen LogP contribution >= 0.6 is 11.6 Å². The summed E-state index contributed by atoms with van der Waals surface area (Å²) < 4.78 is 44.9. The Bertz CT molecular complexity index is 1380. The van der Waals surface area contributed by atoms with Crippen LogP contribution in [0, 0.1) is 6.92 Å². The number of hydrogen-bond donors (Lipinski definition) is 2. The molecule has 0 bridgehead atoms. The van der Waals surface area contributed by atoms with E-state index in [1.165, 1.54) is 0 Å². The van der Waals surface area contributed by atoms with Crippen molar-refractivity contribution < 1.29 is 22.4 Å². The highest BCUT2D eigenvalue weighted by Crippen LogP contribution is 2.36. The molecule has 0 spiro atoms. The smallest absolute Gasteiger partial charge is 0.266 e. The van der Waals surface area contributed by atoms with E-state index in [-0.39, 0.29) is 22.6 Å². The standard InChI is InChI=1S/C20H16ClN3O5S/c1-11-18(21)20(29-23-11)24-30(25,26)19-13-4-2-3-5-14(13)22-15(19)8-12-6-7-16-17(9-12)28-10-27-16/h2-7,9,22,24H,8,10H2,1H3. The van der Waals surface area contributed by atoms with Crippen molar-refractivity contribution in [3.8, 4) is 11.5 Å². The van der Waals surface area contributed by atoms with Crippen LogP contribution in [0.4, 0.5) is 5.88 Å². The minimum atomic E-state index is -4.02. The van der Waals surface area contributed by atoms with Crippen LogP contribution in [-0.2, 0) is 16.4 Å². The van der Waals surface area contributed by atoms with Crippen LogP contribution < -0.4 is 14.2 Å². The first kappa shape index (κ1) is 18.8. The van der Waals surface area contributed by atoms with E-state index in [2.05, 4.69) is 14.9 Å². The first-order chi connectivity index (χ1) is 14.4. The van der Waals surface area contributed by atoms with Crippen LogP contribution in [0.25, 0.3) is 10.9 Å². The fourth-order valence-corrected chi connectivity index (χ4v) is 5.03. The van der Waals surface area contributed by atoms with Gasteiger partial charge in [0.2, 0.25) is 6.79 Å². The Balaban J connectivity index is 1.59. The number of sulfonamides is 1. The summed E-state index contributed by atoms with van der Waals surface area (Å²) in [5.41, 5.74) is 2.49. The molecule has 0 radical (unpaired) electrons. The molecule has 30 heavy (non-hydrogen) atoms. The van der Waals surface area contributed by atoms with Gasteiger partial charge in [-0.1, -0.05) is 41.0 Å². The van der Waals surface area contributed by atoms with Gasteiger partial charge in [-0.15, -0.1) is 0 Å². The number of fused-ring (bicyclic) bond motifs is 2. The maximum atomic E-state index is 13.3. The van der Waals surface area contributed by atoms with Crippen LogP contribution in [0.2, 0.25) is 5.02 Å². The van der Waals surface area contributed by atoms with Crippen molar-refractivity contribution in [1.29, 1.82) is 0 Å². The topological polar surface area (TPSA) is 106 Å². The van der Waals surface area contributed by atoms with Crippen molar-refractivity contribution in [1.82, 2.24) is 10.1 Å². The first-order valence-corrected chi connectivity index (χ1v) is 10.9. The first-order valence-electron chi connectivity index (χ1n) is 9.05. The Morgan fingerprint density at radius 3 is 2.77 bits per heavy atom. The number of nitrogens with one attached hydrogen (secondary N) is 2. The average Bonchev–Trinajstić information content (AvgIpc) is 3.41. The molecule has 0 saturated heterocycles. The lowest BCUT2D eigenvalue weighted by atomic mass is 10.1. The third kappa shape index (κ3) is 3.16. The van der Waals surface area contributed by atoms with Gasteiger partial charge in [-0.3, -0.25) is 0 Å². The van der Waals surface area contributed by atoms with Crippen molar-refractivity contribution in [3.05, 3.63) is 64.4 Å². The van der Waals surface area contributed by atoms with E-state index in [1.807, 2.05) is 30.3 Å². The SMILES string of the molecule is Cc1noc(NS(=O)(=O)c2c(Cc3ccc4c(c3)OCO4)[nH]c3ccccc23)c1Cl. The van der Waals surface area contributed by atoms with E-state index in [0.717, 1.165) is 5.56 Å². The molecule has 2 aromatic carbocycles. The minimum Gasteiger partial charge on any atom is -0.454 e. The minimum absolute atomic E-state index is 0.117. The highest BCUT2D eigenvalue weighted by molar-refractivity contribution is 7.93. The Morgan fingerprint density at radius 1 is 1.17 bits per heavy atom. The second-order valence-electron chi connectivity index (χ2n) is 6.86. The molecule has 0 amide bonds. The Morgan fingerprint density at radius 2 is 1.97 bits per heavy atom. The van der Waals surface area contributed by atoms with Gasteiger partial charge >= 0.3 is 0 Å². The third-order valence-electron chi connectivity index (χ3n) is 4.84. The molecule has 5 rings (SSSR count). The second kappa shape index (κ2) is 6.96. The van der Waals surface area contributed by atoms with E-state index < -0.39 is 10.0 Å². The molecule has 2 aromatic heterocycles. The summed E-state index contributed by atoms with van der Waals surface area (Å²) in [6.07, 6.45) is 0.338. The van der Waals surface area contributed by atoms with Crippen LogP contribution in [0.5, 0.6) is 11.5 Å². The highest BCUT2D eigenvalue weighted by Gasteiger charge is 2.27. The fourth-order valence-electron chi connectivity index (χ4n) is 3.45. The van der Waals surface area contributed by atoms with Crippen LogP contribution in [0.15, 0.2) is 51.9 Å². The van der Waals surface area contributed by atoms with E-state index in [1.54, 1.807) is 19.1 Å². The lowest BCUT2D eigenvalue weighted by molar-refractivity contribution is 0.174. The number of nitrogens with zero attached hydrogens (tertiary/aromatic N) is 1. The van der Waals surface area contributed by atoms with Crippen LogP contribution in [0.1, 0.15) is 17.0 Å². The molecule has 0 unspecified atom stereocenters. The van der Waals surface area contributed by atoms with E-state index in [9.17, 15) is 8.42 Å². The quantitative estimate of drug-likeness (QED) is 0.476. The summed E-state index contributed by atoms with van der Waals surface area (Å²) in [6.45, 7) is 1.80. The van der Waals surface area contributed by atoms with Gasteiger partial charge in [-0.25, -0.2) is 13.1 Å². The lowest BCUT2D eigenvalue weighted by Gasteiger charge is -2.08. The van der Waals surface area contributed by atoms with Gasteiger partial charge in [0.1, 0.15) is 15.6 Å². The number of hydrogen-bond acceptors (Lipinski definition) is 6. The Kier molecular flexibility index (Phi) is 4.37. The lowest BCUT2D eigenvalue weighted by Crippen LogP contribution is -2.14. The number of H-pyrrole nitrogens is 1. The molecule has 10 heteroatoms. The van der Waals surface area contributed by atoms with Crippen molar-refractivity contribution in [2.24, 2.45) is 0 Å². The molecule has 0 aliphatic carbocycles. The molecule has 0 saturated carbocycles. The van der Waals surface area contributed by atoms with Gasteiger partial charge in [-0.05, 0) is 30.7 Å². The third-order valence-corrected chi connectivity index (χ3v) is 6.74. The molecule has 3 heterocycles. The van der Waals surface area contributed by atoms with Gasteiger partial charge in [0.15, 0.2) is 11.5 Å². The van der Waals surface area contributed by atoms with Gasteiger partial charge in [-0.2, -0.15) is 0 Å². The maximum absolute atomic E-state index is 13.3. The molecule has 4 aromatic rings. The zero-order valence-corrected chi connectivity index (χ0v) is 17.3. The molecule has 1 aliphatic rings. The van der Waals surface area contributed by atoms with Crippen molar-refractivity contribution >= 4 is 38.4 Å². The number of para-hydroxylation sites is 1. The average molecular weight is 446 g/mol. The normalized spacial score (nSPS) is 13.1. The predicted molar refractivity (Wildman–Crippen MR) is 111 cm³/mol. The van der Waals surface area contributed by atoms with Gasteiger partial charge in [0, 0.05) is 23.0 Å². The van der Waals surface area contributed by atoms with Crippen molar-refractivity contribution in [2.75, 3.05) is 11.5 Å². The molecule has 8 nitrogen and oxygen atoms in total. The van der Waals surface area contributed by atoms with Gasteiger partial charge < -0.3 is 19.0 Å². The van der Waals surface area contributed by atoms with Crippen LogP contribution in [0.3, 0.4) is 0 Å². The number of halogens is 1. The zero-order valence-electron chi connectivity index (χ0n) is 15.7. The van der Waals surface area contributed by atoms with Gasteiger partial charge in [0.25, 0.3) is 15.9 Å². The molecule has 0 fully saturated rings. The fraction of sp³-hybridized carbons (Fsp3) is 0.150. The number of aryl methyl sites for hydroxylation is 1. The number of anilines is 1. The molecule has 2 N–H and O–H groups in total. The molecular formula is C20H16ClN3O5S. The molecule has 154 valence electrons. The van der Waals surface area contributed by atoms with E-state index >= 15 is 0 Å². The summed E-state index contributed by atoms with van der Waals surface area (Å²) in [5, 5.41) is 4.38. The largest absolute Gasteiger partial charge is 0.454 e. The molecular weight excluding hydrogens is 430 g/mol. The van der Waals surface area contributed by atoms with Crippen molar-refractivity contribution in [3.63, 3.8) is 0 Å². The number of rotatable bonds is 5. The Hall–Kier alpha value is -3.17. The zero-order chi connectivity index (χ0) is 20.9. The number of aromatic nitrogens is 2. The summed E-state index contributed by atoms with van der Waals surface area (Å²) in [6, 6.07) is 12.7. The summed E-state index contributed by atoms with van der Waals surface area (Å²) >= 11 is 6.10. The Labute approximate surface area is 176 Å². The van der Waals surface area contributed by atoms with E-state index in [4.69, 9.17) is 25.6 Å². The maximum Gasteiger partial charge on any atom is 0.266 e. The number of benzene rings is 2. The predicted octanol–water partition coefficient (Wildman–Crippen LogP) is 4.24. The summed E-state index contributed by atoms with van der Waals surface area (Å²) in [4.78, 5) is 3.35. The number of ether oxygens (including phenoxy) is 2. The van der Waals surface area contributed by atoms with Crippen molar-refractivity contribution in [2.45, 2.75) is 18.2 Å². The van der Waals surface area contributed by atoms with Crippen LogP contribution in [-0.4, -0.2) is 25.4 Å². The molecule has 0 atom stereocenters.